The fraction of sp³-hybridized carbons (Fsp3) is 0.286. The molecule has 0 unspecified atom stereocenters. The number of carbonyl (C=O) groups excluding carboxylic acids is 1. The maximum Gasteiger partial charge on any atom is 0.272 e. The highest BCUT2D eigenvalue weighted by Crippen LogP contribution is 2.21. The van der Waals surface area contributed by atoms with E-state index in [4.69, 9.17) is 11.6 Å². The number of carbonyl (C=O) groups is 1. The third-order valence-corrected chi connectivity index (χ3v) is 5.35. The van der Waals surface area contributed by atoms with E-state index in [2.05, 4.69) is 9.88 Å². The molecule has 3 aromatic rings. The van der Waals surface area contributed by atoms with Crippen LogP contribution >= 0.6 is 11.6 Å². The first-order chi connectivity index (χ1) is 13.5. The number of rotatable bonds is 3. The lowest BCUT2D eigenvalue weighted by molar-refractivity contribution is -0.132. The average molecular weight is 397 g/mol. The van der Waals surface area contributed by atoms with E-state index < -0.39 is 0 Å². The van der Waals surface area contributed by atoms with Crippen molar-refractivity contribution in [1.29, 1.82) is 0 Å². The summed E-state index contributed by atoms with van der Waals surface area (Å²) in [5, 5.41) is 0.704. The normalized spacial score (nSPS) is 14.5. The van der Waals surface area contributed by atoms with Gasteiger partial charge in [-0.15, -0.1) is 0 Å². The Morgan fingerprint density at radius 3 is 2.57 bits per heavy atom. The van der Waals surface area contributed by atoms with Gasteiger partial charge in [-0.1, -0.05) is 29.8 Å². The van der Waals surface area contributed by atoms with Crippen molar-refractivity contribution in [2.45, 2.75) is 13.5 Å². The summed E-state index contributed by atoms with van der Waals surface area (Å²) in [6.45, 7) is 4.40. The lowest BCUT2D eigenvalue weighted by Crippen LogP contribution is -2.50. The van der Waals surface area contributed by atoms with E-state index in [1.165, 1.54) is 4.57 Å². The topological polar surface area (TPSA) is 58.4 Å². The molecule has 1 aromatic heterocycles. The second kappa shape index (κ2) is 7.64. The molecular weight excluding hydrogens is 376 g/mol. The van der Waals surface area contributed by atoms with Gasteiger partial charge in [0.1, 0.15) is 12.2 Å². The Morgan fingerprint density at radius 1 is 1.07 bits per heavy atom. The van der Waals surface area contributed by atoms with Crippen LogP contribution in [-0.2, 0) is 11.3 Å². The summed E-state index contributed by atoms with van der Waals surface area (Å²) in [6.07, 6.45) is 0. The molecule has 7 heteroatoms. The molecule has 28 heavy (non-hydrogen) atoms. The molecule has 0 bridgehead atoms. The molecule has 0 aliphatic carbocycles. The molecule has 0 atom stereocenters. The summed E-state index contributed by atoms with van der Waals surface area (Å²) < 4.78 is 1.53. The Labute approximate surface area is 168 Å². The van der Waals surface area contributed by atoms with Crippen LogP contribution in [0.5, 0.6) is 0 Å². The zero-order valence-corrected chi connectivity index (χ0v) is 16.4. The molecule has 144 valence electrons. The van der Waals surface area contributed by atoms with Crippen molar-refractivity contribution in [3.05, 3.63) is 69.6 Å². The Hall–Kier alpha value is -2.86. The number of nitrogens with zero attached hydrogens (tertiary/aromatic N) is 4. The van der Waals surface area contributed by atoms with Crippen LogP contribution in [0.3, 0.4) is 0 Å². The first-order valence-electron chi connectivity index (χ1n) is 9.27. The maximum atomic E-state index is 12.9. The van der Waals surface area contributed by atoms with E-state index in [0.717, 1.165) is 24.3 Å². The van der Waals surface area contributed by atoms with Gasteiger partial charge in [0.2, 0.25) is 5.91 Å². The standard InChI is InChI=1S/C21H21ClN4O2/c1-15-21(28)26(19-8-3-2-7-18(19)23-15)14-20(27)25-11-9-24(10-12-25)17-6-4-5-16(22)13-17/h2-8,13H,9-12,14H2,1H3. The lowest BCUT2D eigenvalue weighted by atomic mass is 10.2. The summed E-state index contributed by atoms with van der Waals surface area (Å²) in [6, 6.07) is 15.1. The lowest BCUT2D eigenvalue weighted by Gasteiger charge is -2.36. The Morgan fingerprint density at radius 2 is 1.82 bits per heavy atom. The Balaban J connectivity index is 1.49. The van der Waals surface area contributed by atoms with Crippen molar-refractivity contribution in [3.8, 4) is 0 Å². The molecule has 0 spiro atoms. The highest BCUT2D eigenvalue weighted by atomic mass is 35.5. The minimum atomic E-state index is -0.218. The smallest absolute Gasteiger partial charge is 0.272 e. The molecule has 1 amide bonds. The minimum absolute atomic E-state index is 0.0277. The third-order valence-electron chi connectivity index (χ3n) is 5.11. The highest BCUT2D eigenvalue weighted by Gasteiger charge is 2.22. The summed E-state index contributed by atoms with van der Waals surface area (Å²) in [5.74, 6) is -0.0522. The van der Waals surface area contributed by atoms with Crippen molar-refractivity contribution in [1.82, 2.24) is 14.5 Å². The van der Waals surface area contributed by atoms with Crippen LogP contribution in [0.15, 0.2) is 53.3 Å². The van der Waals surface area contributed by atoms with Gasteiger partial charge in [0.25, 0.3) is 5.56 Å². The number of halogens is 1. The van der Waals surface area contributed by atoms with Crippen LogP contribution in [0.4, 0.5) is 5.69 Å². The second-order valence-electron chi connectivity index (χ2n) is 6.92. The second-order valence-corrected chi connectivity index (χ2v) is 7.36. The summed E-state index contributed by atoms with van der Waals surface area (Å²) >= 11 is 6.08. The molecule has 0 N–H and O–H groups in total. The summed E-state index contributed by atoms with van der Waals surface area (Å²) in [7, 11) is 0. The first kappa shape index (κ1) is 18.5. The number of piperazine rings is 1. The van der Waals surface area contributed by atoms with Gasteiger partial charge in [0.05, 0.1) is 11.0 Å². The number of anilines is 1. The molecule has 0 radical (unpaired) electrons. The van der Waals surface area contributed by atoms with Crippen LogP contribution in [0, 0.1) is 6.92 Å². The number of benzene rings is 2. The highest BCUT2D eigenvalue weighted by molar-refractivity contribution is 6.30. The molecule has 1 aliphatic rings. The molecule has 4 rings (SSSR count). The fourth-order valence-corrected chi connectivity index (χ4v) is 3.78. The van der Waals surface area contributed by atoms with Gasteiger partial charge in [-0.05, 0) is 37.3 Å². The van der Waals surface area contributed by atoms with Crippen LogP contribution in [0.2, 0.25) is 5.02 Å². The number of hydrogen-bond acceptors (Lipinski definition) is 4. The van der Waals surface area contributed by atoms with Gasteiger partial charge in [0, 0.05) is 36.9 Å². The molecular formula is C21H21ClN4O2. The predicted octanol–water partition coefficient (Wildman–Crippen LogP) is 2.71. The van der Waals surface area contributed by atoms with E-state index >= 15 is 0 Å². The molecule has 2 aromatic carbocycles. The summed E-state index contributed by atoms with van der Waals surface area (Å²) in [5.41, 5.74) is 2.65. The zero-order chi connectivity index (χ0) is 19.7. The first-order valence-corrected chi connectivity index (χ1v) is 9.65. The van der Waals surface area contributed by atoms with E-state index in [0.29, 0.717) is 29.3 Å². The number of para-hydroxylation sites is 2. The van der Waals surface area contributed by atoms with Crippen molar-refractivity contribution in [3.63, 3.8) is 0 Å². The van der Waals surface area contributed by atoms with Crippen LogP contribution in [-0.4, -0.2) is 46.5 Å². The van der Waals surface area contributed by atoms with Gasteiger partial charge in [-0.25, -0.2) is 4.98 Å². The Kier molecular flexibility index (Phi) is 5.05. The van der Waals surface area contributed by atoms with Gasteiger partial charge in [0.15, 0.2) is 0 Å². The minimum Gasteiger partial charge on any atom is -0.368 e. The predicted molar refractivity (Wildman–Crippen MR) is 111 cm³/mol. The van der Waals surface area contributed by atoms with Crippen LogP contribution in [0.25, 0.3) is 11.0 Å². The van der Waals surface area contributed by atoms with Gasteiger partial charge in [-0.3, -0.25) is 14.2 Å². The number of aromatic nitrogens is 2. The number of fused-ring (bicyclic) bond motifs is 1. The summed E-state index contributed by atoms with van der Waals surface area (Å²) in [4.78, 5) is 33.8. The molecule has 1 fully saturated rings. The molecule has 2 heterocycles. The van der Waals surface area contributed by atoms with Crippen molar-refractivity contribution >= 4 is 34.2 Å². The van der Waals surface area contributed by atoms with E-state index in [-0.39, 0.29) is 18.0 Å². The Bertz CT molecular complexity index is 1090. The van der Waals surface area contributed by atoms with E-state index in [1.807, 2.05) is 53.4 Å². The third kappa shape index (κ3) is 3.60. The average Bonchev–Trinajstić information content (AvgIpc) is 2.71. The van der Waals surface area contributed by atoms with Crippen molar-refractivity contribution in [2.24, 2.45) is 0 Å². The molecule has 6 nitrogen and oxygen atoms in total. The van der Waals surface area contributed by atoms with Gasteiger partial charge < -0.3 is 9.80 Å². The number of amides is 1. The molecule has 1 saturated heterocycles. The zero-order valence-electron chi connectivity index (χ0n) is 15.6. The molecule has 1 aliphatic heterocycles. The van der Waals surface area contributed by atoms with E-state index in [9.17, 15) is 9.59 Å². The largest absolute Gasteiger partial charge is 0.368 e. The maximum absolute atomic E-state index is 12.9. The quantitative estimate of drug-likeness (QED) is 0.683. The van der Waals surface area contributed by atoms with Gasteiger partial charge >= 0.3 is 0 Å². The number of hydrogen-bond donors (Lipinski definition) is 0. The number of aryl methyl sites for hydroxylation is 1. The van der Waals surface area contributed by atoms with Crippen molar-refractivity contribution in [2.75, 3.05) is 31.1 Å². The fourth-order valence-electron chi connectivity index (χ4n) is 3.60. The van der Waals surface area contributed by atoms with Crippen molar-refractivity contribution < 1.29 is 4.79 Å². The van der Waals surface area contributed by atoms with Crippen LogP contribution < -0.4 is 10.5 Å². The van der Waals surface area contributed by atoms with Crippen LogP contribution in [0.1, 0.15) is 5.69 Å². The van der Waals surface area contributed by atoms with Gasteiger partial charge in [-0.2, -0.15) is 0 Å². The molecule has 0 saturated carbocycles. The monoisotopic (exact) mass is 396 g/mol. The SMILES string of the molecule is Cc1nc2ccccc2n(CC(=O)N2CCN(c3cccc(Cl)c3)CC2)c1=O. The van der Waals surface area contributed by atoms with E-state index in [1.54, 1.807) is 6.92 Å².